The van der Waals surface area contributed by atoms with Crippen LogP contribution in [0.4, 0.5) is 0 Å². The van der Waals surface area contributed by atoms with Crippen molar-refractivity contribution in [2.75, 3.05) is 6.54 Å². The zero-order chi connectivity index (χ0) is 16.1. The second kappa shape index (κ2) is 7.26. The first-order chi connectivity index (χ1) is 10.5. The number of H-pyrrole nitrogens is 1. The molecule has 0 aliphatic heterocycles. The fraction of sp³-hybridized carbons (Fsp3) is 0.400. The largest absolute Gasteiger partial charge is 0.352 e. The van der Waals surface area contributed by atoms with E-state index in [9.17, 15) is 9.59 Å². The molecule has 0 aromatic carbocycles. The maximum atomic E-state index is 11.9. The Bertz CT molecular complexity index is 706. The summed E-state index contributed by atoms with van der Waals surface area (Å²) in [6.45, 7) is 5.52. The number of imidazole rings is 1. The highest BCUT2D eigenvalue weighted by atomic mass is 35.5. The standard InChI is InChI=1S/C15H19ClN4O2/c1-10(2)13-17-5-7-20(13)6-3-4-18-14(21)11-8-12(16)15(22)19-9-11/h5,7-10H,3-4,6H2,1-2H3,(H,18,21)(H,19,22). The lowest BCUT2D eigenvalue weighted by atomic mass is 10.2. The SMILES string of the molecule is CC(C)c1nccn1CCCNC(=O)c1c[nH]c(=O)c(Cl)c1. The number of aryl methyl sites for hydroxylation is 1. The smallest absolute Gasteiger partial charge is 0.266 e. The molecule has 0 saturated carbocycles. The third-order valence-electron chi connectivity index (χ3n) is 3.25. The summed E-state index contributed by atoms with van der Waals surface area (Å²) in [5.74, 6) is 1.15. The van der Waals surface area contributed by atoms with Crippen LogP contribution in [0.3, 0.4) is 0 Å². The van der Waals surface area contributed by atoms with E-state index in [1.165, 1.54) is 12.3 Å². The van der Waals surface area contributed by atoms with E-state index in [4.69, 9.17) is 11.6 Å². The van der Waals surface area contributed by atoms with E-state index in [1.807, 2.05) is 6.20 Å². The third-order valence-corrected chi connectivity index (χ3v) is 3.53. The number of nitrogens with one attached hydrogen (secondary N) is 2. The van der Waals surface area contributed by atoms with E-state index in [0.29, 0.717) is 18.0 Å². The highest BCUT2D eigenvalue weighted by Gasteiger charge is 2.09. The minimum atomic E-state index is -0.403. The number of hydrogen-bond acceptors (Lipinski definition) is 3. The van der Waals surface area contributed by atoms with E-state index in [1.54, 1.807) is 6.20 Å². The van der Waals surface area contributed by atoms with Gasteiger partial charge < -0.3 is 14.9 Å². The number of halogens is 1. The van der Waals surface area contributed by atoms with E-state index in [2.05, 4.69) is 33.7 Å². The molecule has 0 atom stereocenters. The minimum Gasteiger partial charge on any atom is -0.352 e. The molecule has 2 rings (SSSR count). The van der Waals surface area contributed by atoms with E-state index >= 15 is 0 Å². The number of carbonyl (C=O) groups excluding carboxylic acids is 1. The summed E-state index contributed by atoms with van der Waals surface area (Å²) < 4.78 is 2.09. The molecule has 6 nitrogen and oxygen atoms in total. The van der Waals surface area contributed by atoms with Gasteiger partial charge in [0, 0.05) is 37.6 Å². The van der Waals surface area contributed by atoms with Crippen LogP contribution in [-0.2, 0) is 6.54 Å². The number of amides is 1. The van der Waals surface area contributed by atoms with Crippen LogP contribution in [0.1, 0.15) is 42.4 Å². The summed E-state index contributed by atoms with van der Waals surface area (Å²) in [7, 11) is 0. The summed E-state index contributed by atoms with van der Waals surface area (Å²) in [5, 5.41) is 2.81. The van der Waals surface area contributed by atoms with E-state index < -0.39 is 5.56 Å². The zero-order valence-electron chi connectivity index (χ0n) is 12.6. The van der Waals surface area contributed by atoms with Gasteiger partial charge in [0.25, 0.3) is 11.5 Å². The van der Waals surface area contributed by atoms with Crippen LogP contribution >= 0.6 is 11.6 Å². The summed E-state index contributed by atoms with van der Waals surface area (Å²) >= 11 is 5.70. The zero-order valence-corrected chi connectivity index (χ0v) is 13.4. The van der Waals surface area contributed by atoms with Gasteiger partial charge in [0.15, 0.2) is 0 Å². The molecule has 0 radical (unpaired) electrons. The number of rotatable bonds is 6. The molecule has 0 aliphatic rings. The third kappa shape index (κ3) is 3.98. The van der Waals surface area contributed by atoms with Gasteiger partial charge in [-0.05, 0) is 12.5 Å². The molecular formula is C15H19ClN4O2. The lowest BCUT2D eigenvalue weighted by Crippen LogP contribution is -2.26. The molecule has 0 aliphatic carbocycles. The molecule has 118 valence electrons. The van der Waals surface area contributed by atoms with Crippen LogP contribution in [0.15, 0.2) is 29.5 Å². The number of pyridine rings is 1. The Morgan fingerprint density at radius 1 is 1.50 bits per heavy atom. The predicted octanol–water partition coefficient (Wildman–Crippen LogP) is 2.17. The van der Waals surface area contributed by atoms with Crippen molar-refractivity contribution in [1.82, 2.24) is 19.9 Å². The number of aromatic nitrogens is 3. The van der Waals surface area contributed by atoms with Gasteiger partial charge in [-0.3, -0.25) is 9.59 Å². The monoisotopic (exact) mass is 322 g/mol. The van der Waals surface area contributed by atoms with Gasteiger partial charge >= 0.3 is 0 Å². The molecule has 2 aromatic heterocycles. The summed E-state index contributed by atoms with van der Waals surface area (Å²) in [6.07, 6.45) is 5.88. The topological polar surface area (TPSA) is 79.8 Å². The Morgan fingerprint density at radius 2 is 2.27 bits per heavy atom. The van der Waals surface area contributed by atoms with Gasteiger partial charge in [0.05, 0.1) is 5.56 Å². The lowest BCUT2D eigenvalue weighted by molar-refractivity contribution is 0.0952. The van der Waals surface area contributed by atoms with Crippen LogP contribution in [0, 0.1) is 0 Å². The molecule has 0 fully saturated rings. The van der Waals surface area contributed by atoms with Crippen molar-refractivity contribution in [2.24, 2.45) is 0 Å². The maximum Gasteiger partial charge on any atom is 0.266 e. The second-order valence-electron chi connectivity index (χ2n) is 5.31. The normalized spacial score (nSPS) is 10.9. The molecule has 22 heavy (non-hydrogen) atoms. The Kier molecular flexibility index (Phi) is 5.38. The second-order valence-corrected chi connectivity index (χ2v) is 5.72. The highest BCUT2D eigenvalue weighted by molar-refractivity contribution is 6.30. The molecule has 0 bridgehead atoms. The van der Waals surface area contributed by atoms with Crippen LogP contribution < -0.4 is 10.9 Å². The van der Waals surface area contributed by atoms with Crippen molar-refractivity contribution < 1.29 is 4.79 Å². The lowest BCUT2D eigenvalue weighted by Gasteiger charge is -2.10. The van der Waals surface area contributed by atoms with Crippen molar-refractivity contribution in [1.29, 1.82) is 0 Å². The molecule has 2 heterocycles. The Balaban J connectivity index is 1.83. The molecule has 2 N–H and O–H groups in total. The Hall–Kier alpha value is -2.08. The van der Waals surface area contributed by atoms with Gasteiger partial charge in [-0.15, -0.1) is 0 Å². The fourth-order valence-corrected chi connectivity index (χ4v) is 2.32. The molecule has 0 saturated heterocycles. The molecule has 7 heteroatoms. The van der Waals surface area contributed by atoms with Crippen LogP contribution in [0.2, 0.25) is 5.02 Å². The quantitative estimate of drug-likeness (QED) is 0.800. The first kappa shape index (κ1) is 16.3. The van der Waals surface area contributed by atoms with Crippen molar-refractivity contribution in [3.05, 3.63) is 51.4 Å². The average Bonchev–Trinajstić information content (AvgIpc) is 2.95. The molecule has 0 spiro atoms. The van der Waals surface area contributed by atoms with Gasteiger partial charge in [0.2, 0.25) is 0 Å². The van der Waals surface area contributed by atoms with Crippen molar-refractivity contribution in [3.63, 3.8) is 0 Å². The van der Waals surface area contributed by atoms with Crippen molar-refractivity contribution in [3.8, 4) is 0 Å². The fourth-order valence-electron chi connectivity index (χ4n) is 2.15. The Labute approximate surface area is 133 Å². The van der Waals surface area contributed by atoms with Gasteiger partial charge in [-0.2, -0.15) is 0 Å². The van der Waals surface area contributed by atoms with Crippen LogP contribution in [0.5, 0.6) is 0 Å². The molecule has 1 amide bonds. The van der Waals surface area contributed by atoms with Crippen LogP contribution in [0.25, 0.3) is 0 Å². The van der Waals surface area contributed by atoms with Gasteiger partial charge in [0.1, 0.15) is 10.8 Å². The molecular weight excluding hydrogens is 304 g/mol. The van der Waals surface area contributed by atoms with Gasteiger partial charge in [-0.1, -0.05) is 25.4 Å². The van der Waals surface area contributed by atoms with Crippen LogP contribution in [-0.4, -0.2) is 27.0 Å². The predicted molar refractivity (Wildman–Crippen MR) is 85.3 cm³/mol. The Morgan fingerprint density at radius 3 is 2.95 bits per heavy atom. The van der Waals surface area contributed by atoms with Gasteiger partial charge in [-0.25, -0.2) is 4.98 Å². The molecule has 2 aromatic rings. The van der Waals surface area contributed by atoms with Crippen molar-refractivity contribution in [2.45, 2.75) is 32.7 Å². The van der Waals surface area contributed by atoms with Crippen molar-refractivity contribution >= 4 is 17.5 Å². The highest BCUT2D eigenvalue weighted by Crippen LogP contribution is 2.11. The minimum absolute atomic E-state index is 0.00707. The maximum absolute atomic E-state index is 11.9. The summed E-state index contributed by atoms with van der Waals surface area (Å²) in [6, 6.07) is 1.36. The summed E-state index contributed by atoms with van der Waals surface area (Å²) in [5.41, 5.74) is -0.0605. The number of nitrogens with zero attached hydrogens (tertiary/aromatic N) is 2. The molecule has 0 unspecified atom stereocenters. The number of hydrogen-bond donors (Lipinski definition) is 2. The first-order valence-corrected chi connectivity index (χ1v) is 7.54. The number of aromatic amines is 1. The summed E-state index contributed by atoms with van der Waals surface area (Å²) in [4.78, 5) is 29.8. The average molecular weight is 323 g/mol. The number of carbonyl (C=O) groups is 1. The first-order valence-electron chi connectivity index (χ1n) is 7.16. The van der Waals surface area contributed by atoms with E-state index in [-0.39, 0.29) is 10.9 Å². The van der Waals surface area contributed by atoms with E-state index in [0.717, 1.165) is 18.8 Å².